The van der Waals surface area contributed by atoms with Gasteiger partial charge in [-0.2, -0.15) is 0 Å². The minimum Gasteiger partial charge on any atom is -0.456 e. The molecule has 3 nitrogen and oxygen atoms in total. The van der Waals surface area contributed by atoms with Crippen LogP contribution in [0.25, 0.3) is 111 Å². The minimum atomic E-state index is -0.623. The second-order valence-corrected chi connectivity index (χ2v) is 41.6. The van der Waals surface area contributed by atoms with Crippen LogP contribution >= 0.6 is 0 Å². The topological polar surface area (TPSA) is 19.6 Å². The van der Waals surface area contributed by atoms with Crippen molar-refractivity contribution in [1.82, 2.24) is 0 Å². The quantitative estimate of drug-likeness (QED) is 0.129. The monoisotopic (exact) mass is 1760 g/mol. The Labute approximate surface area is 807 Å². The molecule has 0 amide bonds. The van der Waals surface area contributed by atoms with Crippen LogP contribution in [0, 0.1) is 0 Å². The van der Waals surface area contributed by atoms with Crippen molar-refractivity contribution in [2.75, 3.05) is 9.80 Å². The highest BCUT2D eigenvalue weighted by Gasteiger charge is 2.58. The smallest absolute Gasteiger partial charge is 0.137 e. The van der Waals surface area contributed by atoms with Crippen molar-refractivity contribution in [3.05, 3.63) is 560 Å². The van der Waals surface area contributed by atoms with E-state index in [-0.39, 0.29) is 21.7 Å². The van der Waals surface area contributed by atoms with Crippen LogP contribution in [-0.4, -0.2) is 0 Å². The minimum absolute atomic E-state index is 0.182. The molecule has 138 heavy (non-hydrogen) atoms. The molecule has 20 aromatic carbocycles. The summed E-state index contributed by atoms with van der Waals surface area (Å²) >= 11 is 0. The normalized spacial score (nSPS) is 15.7. The summed E-state index contributed by atoms with van der Waals surface area (Å²) in [5.74, 6) is 0. The number of anilines is 6. The van der Waals surface area contributed by atoms with E-state index in [0.29, 0.717) is 0 Å². The summed E-state index contributed by atoms with van der Waals surface area (Å²) in [6, 6.07) is 172. The fourth-order valence-electron chi connectivity index (χ4n) is 27.1. The lowest BCUT2D eigenvalue weighted by atomic mass is 9.51. The standard InChI is InChI=1S/C135H98N2O/c1-129(2)109-39-19-15-35-97(109)102-71-63-93(79-122(102)129)136(91-59-51-83(52-60-91)86-56-69-106-100-38-18-22-42-112(100)135(126(106)77-86)119-49-29-27-47-117(119)133(89-31-11-9-12-32-89,90-33-13-10-14-34-90)118-48-28-30-50-120(118)135)94-65-73-104-101-67-57-87(75-121(101)132(7,8)124(104)81-94)88-58-70-107-108-74-66-96(82-128(108)138-127(107)78-88)137(95-64-72-103-98-36-16-20-40-110(98)130(3,4)123(103)80-95)92-61-53-84(54-62-92)85-55-68-105-99-37-17-21-41-111(99)134(125(105)76-85)115-45-25-23-43-113(115)131(5,6)114-44-24-26-46-116(114)134/h9-82H,1-8H3. The van der Waals surface area contributed by atoms with E-state index in [1.807, 2.05) is 0 Å². The molecule has 2 spiro atoms. The maximum Gasteiger partial charge on any atom is 0.137 e. The summed E-state index contributed by atoms with van der Waals surface area (Å²) in [7, 11) is 0. The molecule has 0 saturated carbocycles. The number of fused-ring (bicyclic) bond motifs is 30. The molecule has 1 aromatic heterocycles. The molecule has 3 heteroatoms. The zero-order valence-electron chi connectivity index (χ0n) is 78.5. The lowest BCUT2D eigenvalue weighted by molar-refractivity contribution is 0.563. The van der Waals surface area contributed by atoms with Gasteiger partial charge in [0, 0.05) is 72.6 Å². The van der Waals surface area contributed by atoms with Gasteiger partial charge in [-0.25, -0.2) is 0 Å². The molecular weight excluding hydrogens is 1670 g/mol. The van der Waals surface area contributed by atoms with Gasteiger partial charge in [-0.05, 0) is 303 Å². The van der Waals surface area contributed by atoms with Crippen LogP contribution < -0.4 is 9.80 Å². The number of benzene rings is 20. The summed E-state index contributed by atoms with van der Waals surface area (Å²) in [5.41, 5.74) is 51.8. The number of hydrogen-bond acceptors (Lipinski definition) is 3. The lowest BCUT2D eigenvalue weighted by Crippen LogP contribution is -2.44. The molecule has 28 rings (SSSR count). The number of nitrogens with zero attached hydrogens (tertiary/aromatic N) is 2. The van der Waals surface area contributed by atoms with Crippen molar-refractivity contribution in [2.24, 2.45) is 0 Å². The van der Waals surface area contributed by atoms with E-state index in [4.69, 9.17) is 4.42 Å². The van der Waals surface area contributed by atoms with Crippen LogP contribution in [-0.2, 0) is 37.9 Å². The van der Waals surface area contributed by atoms with Crippen molar-refractivity contribution in [3.63, 3.8) is 0 Å². The summed E-state index contributed by atoms with van der Waals surface area (Å²) < 4.78 is 7.21. The van der Waals surface area contributed by atoms with Gasteiger partial charge >= 0.3 is 0 Å². The van der Waals surface area contributed by atoms with E-state index < -0.39 is 16.2 Å². The number of furan rings is 1. The van der Waals surface area contributed by atoms with Crippen molar-refractivity contribution in [1.29, 1.82) is 0 Å². The van der Waals surface area contributed by atoms with Crippen molar-refractivity contribution < 1.29 is 4.42 Å². The molecule has 0 unspecified atom stereocenters. The first-order valence-corrected chi connectivity index (χ1v) is 49.0. The first-order valence-electron chi connectivity index (χ1n) is 49.0. The van der Waals surface area contributed by atoms with Gasteiger partial charge in [-0.1, -0.05) is 395 Å². The van der Waals surface area contributed by atoms with E-state index in [2.05, 4.69) is 514 Å². The summed E-state index contributed by atoms with van der Waals surface area (Å²) in [4.78, 5) is 4.94. The van der Waals surface area contributed by atoms with Gasteiger partial charge in [-0.15, -0.1) is 0 Å². The van der Waals surface area contributed by atoms with Crippen molar-refractivity contribution in [3.8, 4) is 89.0 Å². The molecule has 21 aromatic rings. The molecule has 0 fully saturated rings. The predicted octanol–water partition coefficient (Wildman–Crippen LogP) is 34.5. The SMILES string of the molecule is CC1(C)c2ccccc2-c2ccc(N(c3ccc(-c4ccc5c(c4)C4(c6ccccc6-5)c5ccccc5C(c5ccccc5)(c5ccccc5)c5ccccc54)cc3)c3ccc4c(c3)C(C)(C)c3cc(-c5ccc6c(c5)oc5cc(N(c7ccc(-c8ccc9c(c8)C8(c%10ccccc%10-9)c9ccccc9C(C)(C)c9ccccc98)cc7)c7ccc8c(c7)C(C)(C)c7ccccc7-8)ccc56)ccc3-4)cc21. The maximum absolute atomic E-state index is 7.21. The summed E-state index contributed by atoms with van der Waals surface area (Å²) in [6.45, 7) is 19.2. The van der Waals surface area contributed by atoms with Crippen LogP contribution in [0.3, 0.4) is 0 Å². The van der Waals surface area contributed by atoms with Gasteiger partial charge in [0.25, 0.3) is 0 Å². The Bertz CT molecular complexity index is 8630. The van der Waals surface area contributed by atoms with Gasteiger partial charge in [0.15, 0.2) is 0 Å². The zero-order valence-corrected chi connectivity index (χ0v) is 78.5. The second kappa shape index (κ2) is 28.9. The van der Waals surface area contributed by atoms with E-state index in [9.17, 15) is 0 Å². The average molecular weight is 1760 g/mol. The van der Waals surface area contributed by atoms with Gasteiger partial charge in [-0.3, -0.25) is 0 Å². The Morgan fingerprint density at radius 2 is 0.384 bits per heavy atom. The maximum atomic E-state index is 7.21. The molecule has 0 saturated heterocycles. The molecule has 7 aliphatic rings. The Hall–Kier alpha value is -16.2. The zero-order chi connectivity index (χ0) is 92.2. The Balaban J connectivity index is 0.519. The average Bonchev–Trinajstić information content (AvgIpc) is 1.36. The lowest BCUT2D eigenvalue weighted by Gasteiger charge is -2.50. The summed E-state index contributed by atoms with van der Waals surface area (Å²) in [5, 5.41) is 2.17. The summed E-state index contributed by atoms with van der Waals surface area (Å²) in [6.07, 6.45) is 0. The molecule has 0 aliphatic heterocycles. The van der Waals surface area contributed by atoms with Crippen LogP contribution in [0.15, 0.2) is 453 Å². The first kappa shape index (κ1) is 80.3. The molecule has 0 atom stereocenters. The number of hydrogen-bond donors (Lipinski definition) is 0. The predicted molar refractivity (Wildman–Crippen MR) is 571 cm³/mol. The fourth-order valence-corrected chi connectivity index (χ4v) is 27.1. The molecule has 1 heterocycles. The Morgan fingerprint density at radius 1 is 0.152 bits per heavy atom. The fraction of sp³-hybridized carbons (Fsp3) is 0.111. The third-order valence-corrected chi connectivity index (χ3v) is 33.5. The van der Waals surface area contributed by atoms with E-state index in [0.717, 1.165) is 78.3 Å². The van der Waals surface area contributed by atoms with Crippen LogP contribution in [0.2, 0.25) is 0 Å². The van der Waals surface area contributed by atoms with Crippen molar-refractivity contribution >= 4 is 56.1 Å². The molecule has 0 N–H and O–H groups in total. The first-order chi connectivity index (χ1) is 67.4. The third kappa shape index (κ3) is 10.8. The van der Waals surface area contributed by atoms with Crippen LogP contribution in [0.5, 0.6) is 0 Å². The highest BCUT2D eigenvalue weighted by molar-refractivity contribution is 6.08. The van der Waals surface area contributed by atoms with Gasteiger partial charge in [0.2, 0.25) is 0 Å². The van der Waals surface area contributed by atoms with Crippen LogP contribution in [0.1, 0.15) is 167 Å². The van der Waals surface area contributed by atoms with E-state index >= 15 is 0 Å². The van der Waals surface area contributed by atoms with Gasteiger partial charge in [0.05, 0.1) is 16.2 Å². The Kier molecular flexibility index (Phi) is 16.8. The van der Waals surface area contributed by atoms with Crippen molar-refractivity contribution in [2.45, 2.75) is 93.3 Å². The number of rotatable bonds is 11. The largest absolute Gasteiger partial charge is 0.456 e. The molecule has 0 bridgehead atoms. The van der Waals surface area contributed by atoms with E-state index in [1.54, 1.807) is 0 Å². The second-order valence-electron chi connectivity index (χ2n) is 41.6. The highest BCUT2D eigenvalue weighted by atomic mass is 16.3. The molecule has 654 valence electrons. The van der Waals surface area contributed by atoms with E-state index in [1.165, 1.54) is 178 Å². The third-order valence-electron chi connectivity index (χ3n) is 33.5. The molecule has 0 radical (unpaired) electrons. The van der Waals surface area contributed by atoms with Crippen LogP contribution in [0.4, 0.5) is 34.1 Å². The van der Waals surface area contributed by atoms with Gasteiger partial charge in [0.1, 0.15) is 11.2 Å². The van der Waals surface area contributed by atoms with Gasteiger partial charge < -0.3 is 14.2 Å². The Morgan fingerprint density at radius 3 is 0.790 bits per heavy atom. The molecular formula is C135H98N2O. The highest BCUT2D eigenvalue weighted by Crippen LogP contribution is 2.68. The molecule has 7 aliphatic carbocycles.